The summed E-state index contributed by atoms with van der Waals surface area (Å²) in [5.74, 6) is 0.000298. The van der Waals surface area contributed by atoms with E-state index in [2.05, 4.69) is 15.8 Å². The molecular weight excluding hydrogens is 212 g/mol. The molecule has 0 saturated carbocycles. The zero-order valence-corrected chi connectivity index (χ0v) is 9.27. The number of carbonyl (C=O) groups is 1. The molecule has 1 rings (SSSR count). The Hall–Kier alpha value is -1.50. The lowest BCUT2D eigenvalue weighted by molar-refractivity contribution is 0.188. The van der Waals surface area contributed by atoms with Crippen LogP contribution >= 0.6 is 0 Å². The van der Waals surface area contributed by atoms with Crippen LogP contribution in [-0.2, 0) is 4.74 Å². The van der Waals surface area contributed by atoms with Crippen molar-refractivity contribution in [3.63, 3.8) is 0 Å². The van der Waals surface area contributed by atoms with E-state index in [0.29, 0.717) is 19.6 Å². The van der Waals surface area contributed by atoms with E-state index in [0.717, 1.165) is 6.42 Å². The van der Waals surface area contributed by atoms with Gasteiger partial charge < -0.3 is 26.3 Å². The highest BCUT2D eigenvalue weighted by Gasteiger charge is 2.20. The number of oxime groups is 1. The van der Waals surface area contributed by atoms with E-state index < -0.39 is 6.04 Å². The summed E-state index contributed by atoms with van der Waals surface area (Å²) in [6.45, 7) is 3.04. The maximum Gasteiger partial charge on any atom is 0.315 e. The molecule has 7 nitrogen and oxygen atoms in total. The van der Waals surface area contributed by atoms with Crippen molar-refractivity contribution < 1.29 is 14.7 Å². The summed E-state index contributed by atoms with van der Waals surface area (Å²) in [6.07, 6.45) is 1.37. The number of hydrogen-bond donors (Lipinski definition) is 4. The first-order valence-electron chi connectivity index (χ1n) is 5.29. The summed E-state index contributed by atoms with van der Waals surface area (Å²) in [5, 5.41) is 16.8. The second kappa shape index (κ2) is 6.16. The molecule has 2 unspecified atom stereocenters. The Morgan fingerprint density at radius 1 is 1.75 bits per heavy atom. The van der Waals surface area contributed by atoms with Crippen molar-refractivity contribution in [3.8, 4) is 0 Å². The van der Waals surface area contributed by atoms with E-state index >= 15 is 0 Å². The Morgan fingerprint density at radius 3 is 3.00 bits per heavy atom. The third-order valence-corrected chi connectivity index (χ3v) is 2.45. The fourth-order valence-corrected chi connectivity index (χ4v) is 1.49. The van der Waals surface area contributed by atoms with Gasteiger partial charge in [-0.05, 0) is 12.8 Å². The van der Waals surface area contributed by atoms with Gasteiger partial charge in [0.15, 0.2) is 5.84 Å². The maximum atomic E-state index is 11.5. The topological polar surface area (TPSA) is 109 Å². The fraction of sp³-hybridized carbons (Fsp3) is 0.778. The highest BCUT2D eigenvalue weighted by atomic mass is 16.5. The molecule has 2 atom stereocenters. The van der Waals surface area contributed by atoms with E-state index in [4.69, 9.17) is 15.7 Å². The van der Waals surface area contributed by atoms with Crippen LogP contribution in [0.3, 0.4) is 0 Å². The molecule has 92 valence electrons. The van der Waals surface area contributed by atoms with E-state index in [1.54, 1.807) is 0 Å². The summed E-state index contributed by atoms with van der Waals surface area (Å²) in [5.41, 5.74) is 5.42. The Morgan fingerprint density at radius 2 is 2.50 bits per heavy atom. The molecule has 1 saturated heterocycles. The number of ether oxygens (including phenoxy) is 1. The van der Waals surface area contributed by atoms with Gasteiger partial charge in [-0.3, -0.25) is 0 Å². The van der Waals surface area contributed by atoms with Crippen molar-refractivity contribution in [2.75, 3.05) is 13.2 Å². The van der Waals surface area contributed by atoms with E-state index in [-0.39, 0.29) is 17.9 Å². The van der Waals surface area contributed by atoms with Crippen LogP contribution in [0.2, 0.25) is 0 Å². The molecule has 5 N–H and O–H groups in total. The molecule has 0 spiro atoms. The van der Waals surface area contributed by atoms with Crippen LogP contribution in [0.4, 0.5) is 4.79 Å². The molecule has 1 aliphatic rings. The molecule has 0 aromatic rings. The van der Waals surface area contributed by atoms with Crippen LogP contribution in [0.15, 0.2) is 5.16 Å². The smallest absolute Gasteiger partial charge is 0.315 e. The van der Waals surface area contributed by atoms with Crippen LogP contribution in [0.25, 0.3) is 0 Å². The molecule has 1 heterocycles. The van der Waals surface area contributed by atoms with Gasteiger partial charge in [0, 0.05) is 6.61 Å². The van der Waals surface area contributed by atoms with Crippen molar-refractivity contribution in [1.82, 2.24) is 10.6 Å². The number of urea groups is 1. The van der Waals surface area contributed by atoms with Gasteiger partial charge in [0.05, 0.1) is 18.7 Å². The Labute approximate surface area is 94.0 Å². The van der Waals surface area contributed by atoms with Crippen molar-refractivity contribution in [2.24, 2.45) is 10.9 Å². The molecule has 0 aromatic carbocycles. The van der Waals surface area contributed by atoms with Crippen molar-refractivity contribution >= 4 is 11.9 Å². The standard InChI is InChI=1S/C9H18N4O3/c1-2-7(8(10)13-15)12-9(14)11-6-3-4-16-5-6/h6-7,15H,2-5H2,1H3,(H2,10,13)(H2,11,12,14). The molecule has 0 aliphatic carbocycles. The lowest BCUT2D eigenvalue weighted by Crippen LogP contribution is -2.50. The molecule has 1 fully saturated rings. The fourth-order valence-electron chi connectivity index (χ4n) is 1.49. The summed E-state index contributed by atoms with van der Waals surface area (Å²) < 4.78 is 5.13. The molecule has 1 aliphatic heterocycles. The average molecular weight is 230 g/mol. The number of carbonyl (C=O) groups excluding carboxylic acids is 1. The lowest BCUT2D eigenvalue weighted by atomic mass is 10.2. The molecule has 0 aromatic heterocycles. The number of nitrogens with two attached hydrogens (primary N) is 1. The number of nitrogens with one attached hydrogen (secondary N) is 2. The summed E-state index contributed by atoms with van der Waals surface area (Å²) in [4.78, 5) is 11.5. The van der Waals surface area contributed by atoms with E-state index in [9.17, 15) is 4.79 Å². The minimum absolute atomic E-state index is 0.000298. The van der Waals surface area contributed by atoms with E-state index in [1.807, 2.05) is 6.92 Å². The second-order valence-electron chi connectivity index (χ2n) is 3.66. The molecule has 16 heavy (non-hydrogen) atoms. The normalized spacial score (nSPS) is 22.8. The summed E-state index contributed by atoms with van der Waals surface area (Å²) >= 11 is 0. The second-order valence-corrected chi connectivity index (χ2v) is 3.66. The molecule has 7 heteroatoms. The predicted molar refractivity (Wildman–Crippen MR) is 58.4 cm³/mol. The van der Waals surface area contributed by atoms with Crippen molar-refractivity contribution in [3.05, 3.63) is 0 Å². The quantitative estimate of drug-likeness (QED) is 0.228. The van der Waals surface area contributed by atoms with Gasteiger partial charge in [-0.25, -0.2) is 4.79 Å². The van der Waals surface area contributed by atoms with Gasteiger partial charge in [0.1, 0.15) is 0 Å². The van der Waals surface area contributed by atoms with Crippen LogP contribution in [0, 0.1) is 0 Å². The minimum atomic E-state index is -0.452. The van der Waals surface area contributed by atoms with Gasteiger partial charge in [0.2, 0.25) is 0 Å². The molecular formula is C9H18N4O3. The zero-order chi connectivity index (χ0) is 12.0. The largest absolute Gasteiger partial charge is 0.409 e. The van der Waals surface area contributed by atoms with Gasteiger partial charge >= 0.3 is 6.03 Å². The Balaban J connectivity index is 2.36. The summed E-state index contributed by atoms with van der Waals surface area (Å²) in [6, 6.07) is -0.730. The monoisotopic (exact) mass is 230 g/mol. The SMILES string of the molecule is CCC(NC(=O)NC1CCOC1)C(N)=NO. The zero-order valence-electron chi connectivity index (χ0n) is 9.27. The Bertz CT molecular complexity index is 263. The van der Waals surface area contributed by atoms with Crippen molar-refractivity contribution in [2.45, 2.75) is 31.8 Å². The Kier molecular flexibility index (Phi) is 4.84. The van der Waals surface area contributed by atoms with Crippen LogP contribution in [-0.4, -0.2) is 42.4 Å². The van der Waals surface area contributed by atoms with E-state index in [1.165, 1.54) is 0 Å². The van der Waals surface area contributed by atoms with Gasteiger partial charge in [-0.1, -0.05) is 12.1 Å². The van der Waals surface area contributed by atoms with Crippen LogP contribution in [0.5, 0.6) is 0 Å². The predicted octanol–water partition coefficient (Wildman–Crippen LogP) is -0.400. The highest BCUT2D eigenvalue weighted by Crippen LogP contribution is 2.02. The van der Waals surface area contributed by atoms with Crippen LogP contribution < -0.4 is 16.4 Å². The summed E-state index contributed by atoms with van der Waals surface area (Å²) in [7, 11) is 0. The van der Waals surface area contributed by atoms with Gasteiger partial charge in [-0.2, -0.15) is 0 Å². The molecule has 2 amide bonds. The minimum Gasteiger partial charge on any atom is -0.409 e. The van der Waals surface area contributed by atoms with Gasteiger partial charge in [-0.15, -0.1) is 0 Å². The third-order valence-electron chi connectivity index (χ3n) is 2.45. The number of hydrogen-bond acceptors (Lipinski definition) is 4. The molecule has 0 bridgehead atoms. The maximum absolute atomic E-state index is 11.5. The highest BCUT2D eigenvalue weighted by molar-refractivity contribution is 5.89. The number of amidine groups is 1. The van der Waals surface area contributed by atoms with Crippen LogP contribution in [0.1, 0.15) is 19.8 Å². The first kappa shape index (κ1) is 12.6. The number of amides is 2. The first-order valence-corrected chi connectivity index (χ1v) is 5.29. The molecule has 0 radical (unpaired) electrons. The van der Waals surface area contributed by atoms with Gasteiger partial charge in [0.25, 0.3) is 0 Å². The third kappa shape index (κ3) is 3.58. The number of nitrogens with zero attached hydrogens (tertiary/aromatic N) is 1. The van der Waals surface area contributed by atoms with Crippen molar-refractivity contribution in [1.29, 1.82) is 0 Å². The first-order chi connectivity index (χ1) is 7.67. The average Bonchev–Trinajstić information content (AvgIpc) is 2.77. The lowest BCUT2D eigenvalue weighted by Gasteiger charge is -2.17. The number of rotatable bonds is 4.